The van der Waals surface area contributed by atoms with Gasteiger partial charge >= 0.3 is 0 Å². The minimum absolute atomic E-state index is 0.0808. The topological polar surface area (TPSA) is 76.6 Å². The minimum Gasteiger partial charge on any atom is -0.497 e. The predicted octanol–water partition coefficient (Wildman–Crippen LogP) is 2.08. The van der Waals surface area contributed by atoms with Gasteiger partial charge in [-0.2, -0.15) is 0 Å². The number of aromatic nitrogens is 2. The highest BCUT2D eigenvalue weighted by Gasteiger charge is 2.31. The zero-order chi connectivity index (χ0) is 16.9. The maximum Gasteiger partial charge on any atom is 0.240 e. The molecule has 0 unspecified atom stereocenters. The molecule has 0 bridgehead atoms. The standard InChI is InChI=1S/C16H20N4O3S/c1-22-10-15-18-19-16(24-15)17-14(21)9-20-7-6-13(20)11-4-3-5-12(8-11)23-2/h3-5,8,13H,6-7,9-10H2,1-2H3,(H,17,19,21)/t13-/m0/s1. The number of hydrogen-bond donors (Lipinski definition) is 1. The third kappa shape index (κ3) is 3.89. The van der Waals surface area contributed by atoms with E-state index in [0.717, 1.165) is 23.7 Å². The molecule has 1 aromatic carbocycles. The number of methoxy groups -OCH3 is 2. The Morgan fingerprint density at radius 3 is 3.00 bits per heavy atom. The highest BCUT2D eigenvalue weighted by Crippen LogP contribution is 2.34. The van der Waals surface area contributed by atoms with Gasteiger partial charge in [-0.25, -0.2) is 0 Å². The third-order valence-electron chi connectivity index (χ3n) is 3.94. The number of benzene rings is 1. The molecule has 0 spiro atoms. The Hall–Kier alpha value is -2.03. The average molecular weight is 348 g/mol. The molecule has 3 rings (SSSR count). The van der Waals surface area contributed by atoms with E-state index in [4.69, 9.17) is 9.47 Å². The van der Waals surface area contributed by atoms with Crippen LogP contribution in [0.4, 0.5) is 5.13 Å². The summed E-state index contributed by atoms with van der Waals surface area (Å²) in [5.41, 5.74) is 1.17. The van der Waals surface area contributed by atoms with Gasteiger partial charge in [0, 0.05) is 19.7 Å². The number of ether oxygens (including phenoxy) is 2. The van der Waals surface area contributed by atoms with Gasteiger partial charge in [0.05, 0.1) is 13.7 Å². The van der Waals surface area contributed by atoms with Crippen LogP contribution in [0.1, 0.15) is 23.0 Å². The van der Waals surface area contributed by atoms with E-state index < -0.39 is 0 Å². The maximum absolute atomic E-state index is 12.2. The lowest BCUT2D eigenvalue weighted by Crippen LogP contribution is -2.45. The number of carbonyl (C=O) groups excluding carboxylic acids is 1. The Bertz CT molecular complexity index is 706. The number of anilines is 1. The Balaban J connectivity index is 1.56. The van der Waals surface area contributed by atoms with E-state index in [2.05, 4.69) is 26.5 Å². The van der Waals surface area contributed by atoms with E-state index >= 15 is 0 Å². The number of nitrogens with one attached hydrogen (secondary N) is 1. The van der Waals surface area contributed by atoms with Gasteiger partial charge in [0.25, 0.3) is 0 Å². The lowest BCUT2D eigenvalue weighted by Gasteiger charge is -2.40. The SMILES string of the molecule is COCc1nnc(NC(=O)CN2CC[C@H]2c2cccc(OC)c2)s1. The molecule has 1 saturated heterocycles. The zero-order valence-corrected chi connectivity index (χ0v) is 14.5. The number of amides is 1. The summed E-state index contributed by atoms with van der Waals surface area (Å²) in [7, 11) is 3.26. The second-order valence-electron chi connectivity index (χ2n) is 5.53. The molecule has 8 heteroatoms. The van der Waals surface area contributed by atoms with Crippen LogP contribution in [-0.4, -0.2) is 48.3 Å². The second kappa shape index (κ2) is 7.69. The molecule has 1 aliphatic rings. The van der Waals surface area contributed by atoms with Crippen molar-refractivity contribution in [2.45, 2.75) is 19.1 Å². The van der Waals surface area contributed by atoms with E-state index in [1.807, 2.05) is 18.2 Å². The van der Waals surface area contributed by atoms with Gasteiger partial charge in [-0.3, -0.25) is 15.0 Å². The quantitative estimate of drug-likeness (QED) is 0.825. The molecule has 1 atom stereocenters. The van der Waals surface area contributed by atoms with E-state index in [0.29, 0.717) is 18.3 Å². The molecule has 0 saturated carbocycles. The molecule has 1 aromatic heterocycles. The normalized spacial score (nSPS) is 17.3. The van der Waals surface area contributed by atoms with Crippen molar-refractivity contribution in [2.75, 3.05) is 32.6 Å². The first-order chi connectivity index (χ1) is 11.7. The van der Waals surface area contributed by atoms with Crippen molar-refractivity contribution in [3.63, 3.8) is 0 Å². The monoisotopic (exact) mass is 348 g/mol. The molecule has 7 nitrogen and oxygen atoms in total. The van der Waals surface area contributed by atoms with Crippen LogP contribution in [-0.2, 0) is 16.1 Å². The molecule has 1 amide bonds. The van der Waals surface area contributed by atoms with Gasteiger partial charge in [-0.15, -0.1) is 10.2 Å². The number of likely N-dealkylation sites (tertiary alicyclic amines) is 1. The van der Waals surface area contributed by atoms with Crippen molar-refractivity contribution in [1.29, 1.82) is 0 Å². The van der Waals surface area contributed by atoms with Crippen molar-refractivity contribution in [3.8, 4) is 5.75 Å². The fraction of sp³-hybridized carbons (Fsp3) is 0.438. The lowest BCUT2D eigenvalue weighted by molar-refractivity contribution is -0.119. The molecule has 1 fully saturated rings. The number of nitrogens with zero attached hydrogens (tertiary/aromatic N) is 3. The van der Waals surface area contributed by atoms with Gasteiger partial charge in [0.1, 0.15) is 17.4 Å². The number of hydrogen-bond acceptors (Lipinski definition) is 7. The van der Waals surface area contributed by atoms with Crippen molar-refractivity contribution in [3.05, 3.63) is 34.8 Å². The first-order valence-corrected chi connectivity index (χ1v) is 8.50. The molecule has 128 valence electrons. The highest BCUT2D eigenvalue weighted by molar-refractivity contribution is 7.15. The number of rotatable bonds is 7. The summed E-state index contributed by atoms with van der Waals surface area (Å²) in [5, 5.41) is 11.9. The van der Waals surface area contributed by atoms with Crippen LogP contribution < -0.4 is 10.1 Å². The molecular formula is C16H20N4O3S. The van der Waals surface area contributed by atoms with Crippen LogP contribution in [0.2, 0.25) is 0 Å². The van der Waals surface area contributed by atoms with Crippen molar-refractivity contribution >= 4 is 22.4 Å². The summed E-state index contributed by atoms with van der Waals surface area (Å²) in [6.45, 7) is 1.64. The van der Waals surface area contributed by atoms with Crippen LogP contribution in [0.25, 0.3) is 0 Å². The third-order valence-corrected chi connectivity index (χ3v) is 4.75. The molecule has 0 aliphatic carbocycles. The van der Waals surface area contributed by atoms with Crippen molar-refractivity contribution in [2.24, 2.45) is 0 Å². The van der Waals surface area contributed by atoms with Crippen LogP contribution in [0.15, 0.2) is 24.3 Å². The van der Waals surface area contributed by atoms with E-state index in [-0.39, 0.29) is 11.9 Å². The van der Waals surface area contributed by atoms with Crippen LogP contribution in [0.3, 0.4) is 0 Å². The Morgan fingerprint density at radius 1 is 1.42 bits per heavy atom. The first-order valence-electron chi connectivity index (χ1n) is 7.68. The molecule has 2 heterocycles. The Morgan fingerprint density at radius 2 is 2.29 bits per heavy atom. The fourth-order valence-electron chi connectivity index (χ4n) is 2.69. The van der Waals surface area contributed by atoms with E-state index in [1.165, 1.54) is 16.9 Å². The summed E-state index contributed by atoms with van der Waals surface area (Å²) < 4.78 is 10.3. The molecule has 2 aromatic rings. The molecule has 1 aliphatic heterocycles. The van der Waals surface area contributed by atoms with Crippen LogP contribution in [0.5, 0.6) is 5.75 Å². The van der Waals surface area contributed by atoms with Gasteiger partial charge in [0.15, 0.2) is 0 Å². The Labute approximate surface area is 144 Å². The molecule has 24 heavy (non-hydrogen) atoms. The predicted molar refractivity (Wildman–Crippen MR) is 91.2 cm³/mol. The Kier molecular flexibility index (Phi) is 5.39. The zero-order valence-electron chi connectivity index (χ0n) is 13.7. The van der Waals surface area contributed by atoms with Crippen LogP contribution in [0, 0.1) is 0 Å². The van der Waals surface area contributed by atoms with Gasteiger partial charge < -0.3 is 9.47 Å². The second-order valence-corrected chi connectivity index (χ2v) is 6.60. The van der Waals surface area contributed by atoms with Gasteiger partial charge in [-0.05, 0) is 24.1 Å². The summed E-state index contributed by atoms with van der Waals surface area (Å²) in [4.78, 5) is 14.4. The van der Waals surface area contributed by atoms with Gasteiger partial charge in [0.2, 0.25) is 11.0 Å². The maximum atomic E-state index is 12.2. The summed E-state index contributed by atoms with van der Waals surface area (Å²) in [6.07, 6.45) is 1.04. The molecule has 0 radical (unpaired) electrons. The molecule has 1 N–H and O–H groups in total. The van der Waals surface area contributed by atoms with Gasteiger partial charge in [-0.1, -0.05) is 23.5 Å². The van der Waals surface area contributed by atoms with E-state index in [1.54, 1.807) is 14.2 Å². The largest absolute Gasteiger partial charge is 0.497 e. The summed E-state index contributed by atoms with van der Waals surface area (Å²) >= 11 is 1.33. The molecular weight excluding hydrogens is 328 g/mol. The van der Waals surface area contributed by atoms with E-state index in [9.17, 15) is 4.79 Å². The minimum atomic E-state index is -0.0808. The summed E-state index contributed by atoms with van der Waals surface area (Å²) in [5.74, 6) is 0.756. The smallest absolute Gasteiger partial charge is 0.240 e. The lowest BCUT2D eigenvalue weighted by atomic mass is 9.94. The average Bonchev–Trinajstić information content (AvgIpc) is 2.99. The highest BCUT2D eigenvalue weighted by atomic mass is 32.1. The first kappa shape index (κ1) is 16.8. The number of carbonyl (C=O) groups is 1. The van der Waals surface area contributed by atoms with Crippen molar-refractivity contribution < 1.29 is 14.3 Å². The summed E-state index contributed by atoms with van der Waals surface area (Å²) in [6, 6.07) is 8.25. The fourth-order valence-corrected chi connectivity index (χ4v) is 3.41. The van der Waals surface area contributed by atoms with Crippen molar-refractivity contribution in [1.82, 2.24) is 15.1 Å². The van der Waals surface area contributed by atoms with Crippen LogP contribution >= 0.6 is 11.3 Å².